The van der Waals surface area contributed by atoms with Crippen LogP contribution in [0.4, 0.5) is 4.39 Å². The third-order valence-corrected chi connectivity index (χ3v) is 5.55. The predicted octanol–water partition coefficient (Wildman–Crippen LogP) is 4.23. The van der Waals surface area contributed by atoms with Crippen molar-refractivity contribution in [3.63, 3.8) is 0 Å². The molecule has 5 rings (SSSR count). The average Bonchev–Trinajstić information content (AvgIpc) is 3.33. The first-order valence-corrected chi connectivity index (χ1v) is 9.55. The molecule has 0 aliphatic carbocycles. The molecule has 1 aliphatic heterocycles. The van der Waals surface area contributed by atoms with Crippen LogP contribution in [0.3, 0.4) is 0 Å². The number of aromatic amines is 1. The maximum absolute atomic E-state index is 13.5. The molecule has 0 atom stereocenters. The summed E-state index contributed by atoms with van der Waals surface area (Å²) in [6, 6.07) is 8.43. The van der Waals surface area contributed by atoms with E-state index in [9.17, 15) is 19.4 Å². The lowest BCUT2D eigenvalue weighted by Gasteiger charge is -2.26. The molecule has 3 heterocycles. The van der Waals surface area contributed by atoms with E-state index >= 15 is 0 Å². The van der Waals surface area contributed by atoms with Gasteiger partial charge in [0.15, 0.2) is 5.76 Å². The van der Waals surface area contributed by atoms with Crippen molar-refractivity contribution in [3.8, 4) is 22.8 Å². The van der Waals surface area contributed by atoms with Crippen LogP contribution in [0.15, 0.2) is 40.9 Å². The number of hydrogen-bond acceptors (Lipinski definition) is 5. The number of rotatable bonds is 2. The van der Waals surface area contributed by atoms with Crippen molar-refractivity contribution in [2.45, 2.75) is 13.0 Å². The van der Waals surface area contributed by atoms with Crippen LogP contribution in [-0.2, 0) is 13.0 Å². The number of aromatic nitrogens is 2. The molecule has 0 spiro atoms. The molecule has 9 heteroatoms. The van der Waals surface area contributed by atoms with Gasteiger partial charge in [-0.05, 0) is 30.3 Å². The molecule has 2 aromatic heterocycles. The highest BCUT2D eigenvalue weighted by molar-refractivity contribution is 6.32. The first kappa shape index (κ1) is 18.5. The number of phenolic OH excluding ortho intramolecular Hbond substituents is 2. The second-order valence-corrected chi connectivity index (χ2v) is 7.56. The molecule has 0 unspecified atom stereocenters. The summed E-state index contributed by atoms with van der Waals surface area (Å²) in [6.45, 7) is 0.651. The van der Waals surface area contributed by atoms with Crippen molar-refractivity contribution >= 4 is 28.4 Å². The Morgan fingerprint density at radius 3 is 2.87 bits per heavy atom. The first-order valence-electron chi connectivity index (χ1n) is 9.17. The van der Waals surface area contributed by atoms with E-state index in [2.05, 4.69) is 10.1 Å². The zero-order valence-corrected chi connectivity index (χ0v) is 16.2. The summed E-state index contributed by atoms with van der Waals surface area (Å²) < 4.78 is 18.9. The molecule has 0 bridgehead atoms. The Morgan fingerprint density at radius 1 is 1.20 bits per heavy atom. The Kier molecular flexibility index (Phi) is 4.18. The zero-order valence-electron chi connectivity index (χ0n) is 15.4. The van der Waals surface area contributed by atoms with Gasteiger partial charge in [-0.25, -0.2) is 4.39 Å². The molecule has 0 fully saturated rings. The third-order valence-electron chi connectivity index (χ3n) is 5.25. The number of phenols is 2. The van der Waals surface area contributed by atoms with Gasteiger partial charge in [-0.3, -0.25) is 4.79 Å². The van der Waals surface area contributed by atoms with Crippen LogP contribution >= 0.6 is 11.6 Å². The van der Waals surface area contributed by atoms with E-state index in [1.165, 1.54) is 18.2 Å². The minimum Gasteiger partial charge on any atom is -0.507 e. The molecule has 2 aromatic carbocycles. The summed E-state index contributed by atoms with van der Waals surface area (Å²) in [6.07, 6.45) is 0.478. The monoisotopic (exact) mass is 427 g/mol. The third kappa shape index (κ3) is 2.96. The number of carbonyl (C=O) groups excluding carboxylic acids is 1. The standard InChI is InChI=1S/C21H15ClFN3O4/c22-14-7-12(18(27)8-19(14)28)20-13-9-26(4-3-16(13)25-30-20)21(29)17-6-10-5-11(23)1-2-15(10)24-17/h1-2,5-8,24,27-28H,3-4,9H2. The summed E-state index contributed by atoms with van der Waals surface area (Å²) in [5.41, 5.74) is 2.66. The lowest BCUT2D eigenvalue weighted by atomic mass is 10.0. The number of nitrogens with one attached hydrogen (secondary N) is 1. The number of hydrogen-bond donors (Lipinski definition) is 3. The minimum absolute atomic E-state index is 0.0574. The lowest BCUT2D eigenvalue weighted by molar-refractivity contribution is 0.0729. The van der Waals surface area contributed by atoms with Gasteiger partial charge in [-0.1, -0.05) is 16.8 Å². The molecule has 0 saturated heterocycles. The summed E-state index contributed by atoms with van der Waals surface area (Å²) in [5.74, 6) is -0.780. The quantitative estimate of drug-likeness (QED) is 0.444. The van der Waals surface area contributed by atoms with Crippen LogP contribution in [0.1, 0.15) is 21.7 Å². The SMILES string of the molecule is O=C(c1cc2cc(F)ccc2[nH]1)N1CCc2noc(-c3cc(Cl)c(O)cc3O)c2C1. The fraction of sp³-hybridized carbons (Fsp3) is 0.143. The Labute approximate surface area is 174 Å². The van der Waals surface area contributed by atoms with Gasteiger partial charge in [0.1, 0.15) is 23.0 Å². The fourth-order valence-electron chi connectivity index (χ4n) is 3.72. The Bertz CT molecular complexity index is 1310. The lowest BCUT2D eigenvalue weighted by Crippen LogP contribution is -2.36. The van der Waals surface area contributed by atoms with Crippen molar-refractivity contribution in [1.29, 1.82) is 0 Å². The summed E-state index contributed by atoms with van der Waals surface area (Å²) in [4.78, 5) is 17.7. The Balaban J connectivity index is 1.48. The summed E-state index contributed by atoms with van der Waals surface area (Å²) >= 11 is 5.98. The molecule has 1 amide bonds. The van der Waals surface area contributed by atoms with E-state index in [0.717, 1.165) is 6.07 Å². The number of aromatic hydroxyl groups is 2. The number of carbonyl (C=O) groups is 1. The van der Waals surface area contributed by atoms with Crippen molar-refractivity contribution in [2.75, 3.05) is 6.54 Å². The van der Waals surface area contributed by atoms with Crippen LogP contribution in [-0.4, -0.2) is 37.7 Å². The Hall–Kier alpha value is -3.52. The first-order chi connectivity index (χ1) is 14.4. The molecular weight excluding hydrogens is 413 g/mol. The molecule has 1 aliphatic rings. The van der Waals surface area contributed by atoms with E-state index in [-0.39, 0.29) is 40.4 Å². The van der Waals surface area contributed by atoms with E-state index in [0.29, 0.717) is 46.6 Å². The van der Waals surface area contributed by atoms with E-state index in [1.807, 2.05) is 0 Å². The molecule has 152 valence electrons. The number of benzene rings is 2. The van der Waals surface area contributed by atoms with Crippen LogP contribution in [0.5, 0.6) is 11.5 Å². The second-order valence-electron chi connectivity index (χ2n) is 7.15. The van der Waals surface area contributed by atoms with Gasteiger partial charge in [0, 0.05) is 35.5 Å². The largest absolute Gasteiger partial charge is 0.507 e. The molecule has 3 N–H and O–H groups in total. The summed E-state index contributed by atoms with van der Waals surface area (Å²) in [5, 5.41) is 24.6. The van der Waals surface area contributed by atoms with Crippen LogP contribution in [0, 0.1) is 5.82 Å². The van der Waals surface area contributed by atoms with E-state index in [1.54, 1.807) is 17.0 Å². The predicted molar refractivity (Wildman–Crippen MR) is 107 cm³/mol. The number of H-pyrrole nitrogens is 1. The topological polar surface area (TPSA) is 103 Å². The van der Waals surface area contributed by atoms with Crippen LogP contribution < -0.4 is 0 Å². The molecule has 0 radical (unpaired) electrons. The smallest absolute Gasteiger partial charge is 0.270 e. The normalized spacial score (nSPS) is 13.6. The maximum atomic E-state index is 13.5. The highest BCUT2D eigenvalue weighted by Crippen LogP contribution is 2.40. The van der Waals surface area contributed by atoms with Gasteiger partial charge in [0.2, 0.25) is 0 Å². The number of halogens is 2. The molecule has 4 aromatic rings. The highest BCUT2D eigenvalue weighted by Gasteiger charge is 2.30. The highest BCUT2D eigenvalue weighted by atomic mass is 35.5. The van der Waals surface area contributed by atoms with Crippen molar-refractivity contribution in [3.05, 3.63) is 64.2 Å². The van der Waals surface area contributed by atoms with Gasteiger partial charge in [-0.2, -0.15) is 0 Å². The summed E-state index contributed by atoms with van der Waals surface area (Å²) in [7, 11) is 0. The number of amides is 1. The maximum Gasteiger partial charge on any atom is 0.270 e. The molecule has 7 nitrogen and oxygen atoms in total. The fourth-order valence-corrected chi connectivity index (χ4v) is 3.88. The van der Waals surface area contributed by atoms with Crippen molar-refractivity contribution in [1.82, 2.24) is 15.0 Å². The minimum atomic E-state index is -0.371. The molecule has 30 heavy (non-hydrogen) atoms. The van der Waals surface area contributed by atoms with Gasteiger partial charge >= 0.3 is 0 Å². The Morgan fingerprint density at radius 2 is 2.03 bits per heavy atom. The zero-order chi connectivity index (χ0) is 21.0. The van der Waals surface area contributed by atoms with Crippen molar-refractivity contribution < 1.29 is 23.9 Å². The van der Waals surface area contributed by atoms with Crippen LogP contribution in [0.2, 0.25) is 5.02 Å². The van der Waals surface area contributed by atoms with Gasteiger partial charge in [0.25, 0.3) is 5.91 Å². The second kappa shape index (κ2) is 6.77. The number of nitrogens with zero attached hydrogens (tertiary/aromatic N) is 2. The molecular formula is C21H15ClFN3O4. The van der Waals surface area contributed by atoms with E-state index < -0.39 is 0 Å². The van der Waals surface area contributed by atoms with Gasteiger partial charge < -0.3 is 24.6 Å². The average molecular weight is 428 g/mol. The van der Waals surface area contributed by atoms with Gasteiger partial charge in [0.05, 0.1) is 22.8 Å². The van der Waals surface area contributed by atoms with Gasteiger partial charge in [-0.15, -0.1) is 0 Å². The molecule has 0 saturated carbocycles. The van der Waals surface area contributed by atoms with E-state index in [4.69, 9.17) is 16.1 Å². The number of fused-ring (bicyclic) bond motifs is 2. The van der Waals surface area contributed by atoms with Crippen LogP contribution in [0.25, 0.3) is 22.2 Å². The van der Waals surface area contributed by atoms with Crippen molar-refractivity contribution in [2.24, 2.45) is 0 Å².